The van der Waals surface area contributed by atoms with E-state index in [-0.39, 0.29) is 6.04 Å². The first-order valence-electron chi connectivity index (χ1n) is 4.05. The fourth-order valence-electron chi connectivity index (χ4n) is 0.967. The first-order chi connectivity index (χ1) is 5.72. The van der Waals surface area contributed by atoms with E-state index in [1.807, 2.05) is 21.1 Å². The predicted octanol–water partition coefficient (Wildman–Crippen LogP) is -1.65. The lowest BCUT2D eigenvalue weighted by atomic mass is 10.2. The van der Waals surface area contributed by atoms with Gasteiger partial charge in [-0.25, -0.2) is 0 Å². The van der Waals surface area contributed by atoms with Crippen molar-refractivity contribution in [1.29, 1.82) is 0 Å². The number of quaternary nitrogens is 1. The van der Waals surface area contributed by atoms with Crippen LogP contribution in [0.25, 0.3) is 0 Å². The van der Waals surface area contributed by atoms with Gasteiger partial charge in [-0.2, -0.15) is 0 Å². The highest BCUT2D eigenvalue weighted by Crippen LogP contribution is 1.98. The van der Waals surface area contributed by atoms with E-state index in [4.69, 9.17) is 17.2 Å². The van der Waals surface area contributed by atoms with Crippen LogP contribution in [-0.2, 0) is 4.79 Å². The van der Waals surface area contributed by atoms with Crippen molar-refractivity contribution < 1.29 is 9.28 Å². The average Bonchev–Trinajstić information content (AvgIpc) is 1.81. The van der Waals surface area contributed by atoms with Crippen molar-refractivity contribution >= 4 is 5.91 Å². The van der Waals surface area contributed by atoms with Gasteiger partial charge in [0.2, 0.25) is 5.91 Å². The van der Waals surface area contributed by atoms with Gasteiger partial charge in [-0.1, -0.05) is 0 Å². The van der Waals surface area contributed by atoms with Crippen LogP contribution in [0.15, 0.2) is 11.8 Å². The Labute approximate surface area is 78.8 Å². The molecule has 0 rings (SSSR count). The summed E-state index contributed by atoms with van der Waals surface area (Å²) < 4.78 is 0.689. The van der Waals surface area contributed by atoms with Crippen LogP contribution in [0.1, 0.15) is 0 Å². The summed E-state index contributed by atoms with van der Waals surface area (Å²) in [6.45, 7) is 0.662. The molecule has 76 valence electrons. The molecule has 0 aromatic rings. The van der Waals surface area contributed by atoms with Crippen molar-refractivity contribution in [3.8, 4) is 0 Å². The molecule has 0 spiro atoms. The summed E-state index contributed by atoms with van der Waals surface area (Å²) in [6, 6.07) is -0.326. The first-order valence-corrected chi connectivity index (χ1v) is 4.05. The van der Waals surface area contributed by atoms with Gasteiger partial charge in [0.05, 0.1) is 33.7 Å². The Morgan fingerprint density at radius 1 is 1.38 bits per heavy atom. The normalized spacial score (nSPS) is 15.5. The van der Waals surface area contributed by atoms with Crippen molar-refractivity contribution in [2.24, 2.45) is 17.2 Å². The molecular weight excluding hydrogens is 168 g/mol. The van der Waals surface area contributed by atoms with Gasteiger partial charge in [-0.05, 0) is 0 Å². The SMILES string of the molecule is C[N+](C)(C)CC(N)C(N)=CC(N)=O. The van der Waals surface area contributed by atoms with Crippen molar-refractivity contribution in [1.82, 2.24) is 0 Å². The molecule has 0 bridgehead atoms. The maximum Gasteiger partial charge on any atom is 0.243 e. The Morgan fingerprint density at radius 2 is 1.85 bits per heavy atom. The number of nitrogens with zero attached hydrogens (tertiary/aromatic N) is 1. The standard InChI is InChI=1S/C8H18N4O/c1-12(2,3)5-7(10)6(9)4-8(11)13/h4,7H,5,10H2,1-3H3,(H3-,9,11,13)/p+1. The summed E-state index contributed by atoms with van der Waals surface area (Å²) in [7, 11) is 5.99. The van der Waals surface area contributed by atoms with Gasteiger partial charge < -0.3 is 21.7 Å². The zero-order valence-corrected chi connectivity index (χ0v) is 8.45. The lowest BCUT2D eigenvalue weighted by molar-refractivity contribution is -0.870. The molecule has 0 aliphatic rings. The third kappa shape index (κ3) is 6.12. The number of rotatable bonds is 4. The van der Waals surface area contributed by atoms with Crippen LogP contribution in [0.5, 0.6) is 0 Å². The Balaban J connectivity index is 4.27. The lowest BCUT2D eigenvalue weighted by Crippen LogP contribution is -2.47. The second-order valence-electron chi connectivity index (χ2n) is 4.13. The number of primary amides is 1. The van der Waals surface area contributed by atoms with Crippen LogP contribution >= 0.6 is 0 Å². The Bertz CT molecular complexity index is 217. The van der Waals surface area contributed by atoms with E-state index >= 15 is 0 Å². The molecule has 5 nitrogen and oxygen atoms in total. The molecule has 0 heterocycles. The Morgan fingerprint density at radius 3 is 2.15 bits per heavy atom. The molecule has 0 aliphatic carbocycles. The third-order valence-electron chi connectivity index (χ3n) is 1.48. The maximum absolute atomic E-state index is 10.5. The van der Waals surface area contributed by atoms with E-state index in [9.17, 15) is 4.79 Å². The van der Waals surface area contributed by atoms with Crippen LogP contribution in [0.2, 0.25) is 0 Å². The molecule has 0 saturated carbocycles. The van der Waals surface area contributed by atoms with Crippen molar-refractivity contribution in [3.63, 3.8) is 0 Å². The van der Waals surface area contributed by atoms with E-state index in [2.05, 4.69) is 0 Å². The van der Waals surface area contributed by atoms with Gasteiger partial charge in [0, 0.05) is 11.8 Å². The van der Waals surface area contributed by atoms with Gasteiger partial charge >= 0.3 is 0 Å². The molecule has 0 aromatic carbocycles. The van der Waals surface area contributed by atoms with E-state index in [0.717, 1.165) is 0 Å². The fourth-order valence-corrected chi connectivity index (χ4v) is 0.967. The van der Waals surface area contributed by atoms with Gasteiger partial charge in [-0.15, -0.1) is 0 Å². The summed E-state index contributed by atoms with van der Waals surface area (Å²) in [6.07, 6.45) is 1.17. The van der Waals surface area contributed by atoms with Crippen LogP contribution in [-0.4, -0.2) is 44.1 Å². The average molecular weight is 187 g/mol. The van der Waals surface area contributed by atoms with Crippen LogP contribution in [0, 0.1) is 0 Å². The second kappa shape index (κ2) is 4.25. The molecule has 0 fully saturated rings. The molecule has 0 radical (unpaired) electrons. The molecule has 1 amide bonds. The first kappa shape index (κ1) is 11.9. The number of amides is 1. The molecule has 6 N–H and O–H groups in total. The van der Waals surface area contributed by atoms with Gasteiger partial charge in [-0.3, -0.25) is 4.79 Å². The molecule has 5 heteroatoms. The quantitative estimate of drug-likeness (QED) is 0.363. The highest BCUT2D eigenvalue weighted by atomic mass is 16.1. The number of nitrogens with two attached hydrogens (primary N) is 3. The Kier molecular flexibility index (Phi) is 3.90. The van der Waals surface area contributed by atoms with Gasteiger partial charge in [0.25, 0.3) is 0 Å². The van der Waals surface area contributed by atoms with Crippen LogP contribution < -0.4 is 17.2 Å². The second-order valence-corrected chi connectivity index (χ2v) is 4.13. The fraction of sp³-hybridized carbons (Fsp3) is 0.625. The largest absolute Gasteiger partial charge is 0.400 e. The van der Waals surface area contributed by atoms with Crippen LogP contribution in [0.4, 0.5) is 0 Å². The maximum atomic E-state index is 10.5. The molecule has 1 atom stereocenters. The smallest absolute Gasteiger partial charge is 0.243 e. The lowest BCUT2D eigenvalue weighted by Gasteiger charge is -2.27. The molecule has 1 unspecified atom stereocenters. The minimum atomic E-state index is -0.561. The summed E-state index contributed by atoms with van der Waals surface area (Å²) >= 11 is 0. The molecule has 0 saturated heterocycles. The zero-order valence-electron chi connectivity index (χ0n) is 8.45. The number of likely N-dealkylation sites (N-methyl/N-ethyl adjacent to an activating group) is 1. The van der Waals surface area contributed by atoms with Crippen LogP contribution in [0.3, 0.4) is 0 Å². The van der Waals surface area contributed by atoms with E-state index in [1.54, 1.807) is 0 Å². The highest BCUT2D eigenvalue weighted by Gasteiger charge is 2.16. The minimum absolute atomic E-state index is 0.326. The van der Waals surface area contributed by atoms with E-state index < -0.39 is 5.91 Å². The van der Waals surface area contributed by atoms with Crippen molar-refractivity contribution in [3.05, 3.63) is 11.8 Å². The zero-order chi connectivity index (χ0) is 10.6. The summed E-state index contributed by atoms with van der Waals surface area (Å²) in [5, 5.41) is 0. The Hall–Kier alpha value is -1.07. The molecule has 13 heavy (non-hydrogen) atoms. The monoisotopic (exact) mass is 187 g/mol. The third-order valence-corrected chi connectivity index (χ3v) is 1.48. The molecular formula is C8H19N4O+. The molecule has 0 aromatic heterocycles. The topological polar surface area (TPSA) is 95.1 Å². The summed E-state index contributed by atoms with van der Waals surface area (Å²) in [4.78, 5) is 10.5. The number of carbonyl (C=O) groups is 1. The van der Waals surface area contributed by atoms with Gasteiger partial charge in [0.1, 0.15) is 0 Å². The van der Waals surface area contributed by atoms with E-state index in [0.29, 0.717) is 16.7 Å². The number of hydrogen-bond donors (Lipinski definition) is 3. The van der Waals surface area contributed by atoms with E-state index in [1.165, 1.54) is 6.08 Å². The number of carbonyl (C=O) groups excluding carboxylic acids is 1. The van der Waals surface area contributed by atoms with Gasteiger partial charge in [0.15, 0.2) is 0 Å². The van der Waals surface area contributed by atoms with Crippen molar-refractivity contribution in [2.45, 2.75) is 6.04 Å². The number of hydrogen-bond acceptors (Lipinski definition) is 3. The minimum Gasteiger partial charge on any atom is -0.400 e. The predicted molar refractivity (Wildman–Crippen MR) is 52.3 cm³/mol. The summed E-state index contributed by atoms with van der Waals surface area (Å²) in [5.74, 6) is -0.561. The van der Waals surface area contributed by atoms with Crippen molar-refractivity contribution in [2.75, 3.05) is 27.7 Å². The molecule has 0 aliphatic heterocycles. The summed E-state index contributed by atoms with van der Waals surface area (Å²) in [5.41, 5.74) is 16.6. The highest BCUT2D eigenvalue weighted by molar-refractivity contribution is 5.86.